The van der Waals surface area contributed by atoms with Crippen LogP contribution in [0.2, 0.25) is 0 Å². The predicted octanol–water partition coefficient (Wildman–Crippen LogP) is 5.64. The summed E-state index contributed by atoms with van der Waals surface area (Å²) in [6, 6.07) is 0. The Morgan fingerprint density at radius 3 is 2.37 bits per heavy atom. The maximum absolute atomic E-state index is 13.4. The highest BCUT2D eigenvalue weighted by Crippen LogP contribution is 2.47. The molecule has 9 atom stereocenters. The minimum atomic E-state index is -2.21. The van der Waals surface area contributed by atoms with Crippen LogP contribution in [0.25, 0.3) is 0 Å². The van der Waals surface area contributed by atoms with Crippen LogP contribution in [-0.4, -0.2) is 115 Å². The second-order valence-corrected chi connectivity index (χ2v) is 16.6. The van der Waals surface area contributed by atoms with Crippen LogP contribution in [0, 0.1) is 5.41 Å². The van der Waals surface area contributed by atoms with Gasteiger partial charge in [-0.15, -0.1) is 0 Å². The van der Waals surface area contributed by atoms with Gasteiger partial charge < -0.3 is 43.5 Å². The fraction of sp³-hybridized carbons (Fsp3) is 0.738. The molecule has 0 radical (unpaired) electrons. The number of fused-ring (bicyclic) bond motifs is 6. The first kappa shape index (κ1) is 43.9. The van der Waals surface area contributed by atoms with Crippen LogP contribution in [0.4, 0.5) is 0 Å². The molecule has 7 unspecified atom stereocenters. The van der Waals surface area contributed by atoms with Crippen molar-refractivity contribution in [3.8, 4) is 0 Å². The molecule has 3 saturated heterocycles. The van der Waals surface area contributed by atoms with Gasteiger partial charge in [0.1, 0.15) is 6.10 Å². The number of rotatable bonds is 9. The third-order valence-electron chi connectivity index (χ3n) is 10.9. The Bertz CT molecular complexity index is 1390. The second kappa shape index (κ2) is 19.8. The number of nitrogens with zero attached hydrogens (tertiary/aromatic N) is 1. The Labute approximate surface area is 321 Å². The number of cyclic esters (lactones) is 1. The smallest absolute Gasteiger partial charge is 0.330 e. The van der Waals surface area contributed by atoms with Crippen LogP contribution in [0.3, 0.4) is 0 Å². The van der Waals surface area contributed by atoms with Crippen molar-refractivity contribution in [3.63, 3.8) is 0 Å². The Balaban J connectivity index is 1.71. The lowest BCUT2D eigenvalue weighted by Gasteiger charge is -2.51. The molecule has 0 spiro atoms. The summed E-state index contributed by atoms with van der Waals surface area (Å²) in [6.45, 7) is 14.5. The highest BCUT2D eigenvalue weighted by Gasteiger charge is 2.57. The fourth-order valence-corrected chi connectivity index (χ4v) is 7.92. The van der Waals surface area contributed by atoms with Gasteiger partial charge in [0.05, 0.1) is 43.7 Å². The van der Waals surface area contributed by atoms with Crippen LogP contribution in [0.5, 0.6) is 0 Å². The van der Waals surface area contributed by atoms with Gasteiger partial charge in [0.15, 0.2) is 6.10 Å². The number of unbranched alkanes of at least 4 members (excludes halogenated alkanes) is 2. The van der Waals surface area contributed by atoms with Gasteiger partial charge in [0.2, 0.25) is 5.79 Å². The van der Waals surface area contributed by atoms with Gasteiger partial charge in [-0.2, -0.15) is 0 Å². The SMILES string of the molecule is C=C1CC2/C=C/C(C)(C)C3(O)OC(C/C(=C\C(=O)OC)[C@@H]3OC(=O)CCCCCN(C)C)CC([C@@H](C)O)OC(=O)CCCC3CC(=C)CC(CC(C1)O2)O3. The van der Waals surface area contributed by atoms with Gasteiger partial charge in [0.25, 0.3) is 0 Å². The molecule has 2 N–H and O–H groups in total. The molecule has 12 heteroatoms. The van der Waals surface area contributed by atoms with E-state index in [4.69, 9.17) is 28.4 Å². The van der Waals surface area contributed by atoms with Crippen LogP contribution in [0.1, 0.15) is 111 Å². The summed E-state index contributed by atoms with van der Waals surface area (Å²) in [4.78, 5) is 41.4. The van der Waals surface area contributed by atoms with Crippen LogP contribution in [0.15, 0.2) is 48.1 Å². The summed E-state index contributed by atoms with van der Waals surface area (Å²) in [5.74, 6) is -3.91. The first-order valence-corrected chi connectivity index (χ1v) is 19.7. The first-order chi connectivity index (χ1) is 25.5. The normalized spacial score (nSPS) is 34.4. The van der Waals surface area contributed by atoms with Gasteiger partial charge in [-0.3, -0.25) is 9.59 Å². The van der Waals surface area contributed by atoms with Gasteiger partial charge in [-0.1, -0.05) is 56.7 Å². The molecule has 0 aliphatic carbocycles. The molecule has 54 heavy (non-hydrogen) atoms. The molecule has 4 aliphatic rings. The highest BCUT2D eigenvalue weighted by molar-refractivity contribution is 5.83. The molecule has 304 valence electrons. The maximum Gasteiger partial charge on any atom is 0.330 e. The van der Waals surface area contributed by atoms with Crippen molar-refractivity contribution in [1.82, 2.24) is 4.90 Å². The third kappa shape index (κ3) is 12.6. The number of hydrogen-bond acceptors (Lipinski definition) is 12. The van der Waals surface area contributed by atoms with Crippen molar-refractivity contribution in [3.05, 3.63) is 48.1 Å². The zero-order chi connectivity index (χ0) is 39.6. The number of methoxy groups -OCH3 is 1. The van der Waals surface area contributed by atoms with Gasteiger partial charge in [-0.25, -0.2) is 4.79 Å². The topological polar surface area (TPSA) is 150 Å². The standard InChI is InChI=1S/C42H65NO11/c1-27-19-31-13-12-15-37(45)52-36(29(3)44)26-35-23-30(24-39(47)49-8)40(53-38(46)14-10-9-11-18-43(6)7)42(48,54-35)41(4,5)17-16-32-20-28(2)22-34(51-32)25-33(21-27)50-31/h16-17,24,29,31-36,40,44,48H,1-2,9-15,18-23,25-26H2,3-8H3/b17-16+,30-24+/t29-,31?,32?,33?,34?,35?,36?,40+,42?/m1/s1. The van der Waals surface area contributed by atoms with E-state index < -0.39 is 53.5 Å². The van der Waals surface area contributed by atoms with Crippen molar-refractivity contribution in [2.24, 2.45) is 5.41 Å². The first-order valence-electron chi connectivity index (χ1n) is 19.7. The number of aliphatic hydroxyl groups is 2. The Morgan fingerprint density at radius 1 is 1.00 bits per heavy atom. The molecule has 4 rings (SSSR count). The fourth-order valence-electron chi connectivity index (χ4n) is 7.92. The molecular formula is C42H65NO11. The summed E-state index contributed by atoms with van der Waals surface area (Å²) in [6.07, 6.45) is 7.18. The molecule has 4 aliphatic heterocycles. The van der Waals surface area contributed by atoms with E-state index in [1.807, 2.05) is 20.2 Å². The quantitative estimate of drug-likeness (QED) is 0.0985. The van der Waals surface area contributed by atoms with Crippen LogP contribution >= 0.6 is 0 Å². The van der Waals surface area contributed by atoms with Gasteiger partial charge in [-0.05, 0) is 90.9 Å². The maximum atomic E-state index is 13.4. The minimum absolute atomic E-state index is 0.00293. The Hall–Kier alpha value is -2.87. The van der Waals surface area contributed by atoms with Crippen molar-refractivity contribution in [2.45, 2.75) is 165 Å². The highest BCUT2D eigenvalue weighted by atomic mass is 16.7. The van der Waals surface area contributed by atoms with E-state index in [1.165, 1.54) is 20.1 Å². The molecule has 3 fully saturated rings. The van der Waals surface area contributed by atoms with E-state index >= 15 is 0 Å². The summed E-state index contributed by atoms with van der Waals surface area (Å²) < 4.78 is 36.5. The average molecular weight is 760 g/mol. The summed E-state index contributed by atoms with van der Waals surface area (Å²) in [5.41, 5.74) is 1.20. The van der Waals surface area contributed by atoms with Gasteiger partial charge in [0, 0.05) is 37.2 Å². The van der Waals surface area contributed by atoms with E-state index in [1.54, 1.807) is 19.9 Å². The number of esters is 3. The zero-order valence-corrected chi connectivity index (χ0v) is 33.4. The Morgan fingerprint density at radius 2 is 1.69 bits per heavy atom. The lowest BCUT2D eigenvalue weighted by atomic mass is 9.74. The molecule has 6 bridgehead atoms. The summed E-state index contributed by atoms with van der Waals surface area (Å²) in [5, 5.41) is 23.6. The van der Waals surface area contributed by atoms with E-state index in [-0.39, 0.29) is 55.7 Å². The molecule has 12 nitrogen and oxygen atoms in total. The van der Waals surface area contributed by atoms with Crippen LogP contribution in [-0.2, 0) is 42.8 Å². The zero-order valence-electron chi connectivity index (χ0n) is 33.4. The largest absolute Gasteiger partial charge is 0.466 e. The van der Waals surface area contributed by atoms with Crippen molar-refractivity contribution >= 4 is 17.9 Å². The molecule has 4 heterocycles. The number of hydrogen-bond donors (Lipinski definition) is 2. The predicted molar refractivity (Wildman–Crippen MR) is 203 cm³/mol. The monoisotopic (exact) mass is 759 g/mol. The summed E-state index contributed by atoms with van der Waals surface area (Å²) in [7, 11) is 5.24. The number of carbonyl (C=O) groups excluding carboxylic acids is 3. The van der Waals surface area contributed by atoms with E-state index in [0.717, 1.165) is 43.4 Å². The molecular weight excluding hydrogens is 694 g/mol. The molecule has 0 amide bonds. The molecule has 0 saturated carbocycles. The molecule has 0 aromatic heterocycles. The molecule has 0 aromatic rings. The van der Waals surface area contributed by atoms with E-state index in [2.05, 4.69) is 18.1 Å². The third-order valence-corrected chi connectivity index (χ3v) is 10.9. The summed E-state index contributed by atoms with van der Waals surface area (Å²) >= 11 is 0. The lowest BCUT2D eigenvalue weighted by Crippen LogP contribution is -2.62. The van der Waals surface area contributed by atoms with Crippen molar-refractivity contribution in [1.29, 1.82) is 0 Å². The Kier molecular flexibility index (Phi) is 16.1. The van der Waals surface area contributed by atoms with Crippen molar-refractivity contribution < 1.29 is 53.0 Å². The average Bonchev–Trinajstić information content (AvgIpc) is 3.07. The van der Waals surface area contributed by atoms with Gasteiger partial charge >= 0.3 is 17.9 Å². The number of carbonyl (C=O) groups is 3. The van der Waals surface area contributed by atoms with Crippen molar-refractivity contribution in [2.75, 3.05) is 27.7 Å². The number of aliphatic hydroxyl groups excluding tert-OH is 1. The van der Waals surface area contributed by atoms with Crippen LogP contribution < -0.4 is 0 Å². The van der Waals surface area contributed by atoms with E-state index in [9.17, 15) is 24.6 Å². The molecule has 0 aromatic carbocycles. The number of ether oxygens (including phenoxy) is 6. The van der Waals surface area contributed by atoms with E-state index in [0.29, 0.717) is 38.5 Å². The second-order valence-electron chi connectivity index (χ2n) is 16.6. The lowest BCUT2D eigenvalue weighted by molar-refractivity contribution is -0.327. The minimum Gasteiger partial charge on any atom is -0.466 e.